The maximum atomic E-state index is 13.2. The van der Waals surface area contributed by atoms with E-state index >= 15 is 0 Å². The summed E-state index contributed by atoms with van der Waals surface area (Å²) in [6.45, 7) is 7.19. The lowest BCUT2D eigenvalue weighted by atomic mass is 10.0. The molecule has 0 aliphatic heterocycles. The summed E-state index contributed by atoms with van der Waals surface area (Å²) in [4.78, 5) is 27.8. The van der Waals surface area contributed by atoms with Crippen molar-refractivity contribution in [2.24, 2.45) is 0 Å². The average Bonchev–Trinajstić information content (AvgIpc) is 2.70. The Labute approximate surface area is 169 Å². The van der Waals surface area contributed by atoms with Gasteiger partial charge in [0.15, 0.2) is 0 Å². The van der Waals surface area contributed by atoms with Crippen LogP contribution < -0.4 is 5.32 Å². The highest BCUT2D eigenvalue weighted by Crippen LogP contribution is 2.17. The van der Waals surface area contributed by atoms with Gasteiger partial charge in [-0.3, -0.25) is 9.59 Å². The van der Waals surface area contributed by atoms with Crippen LogP contribution in [0.2, 0.25) is 0 Å². The summed E-state index contributed by atoms with van der Waals surface area (Å²) in [6, 6.07) is 17.3. The molecule has 0 heterocycles. The first-order valence-electron chi connectivity index (χ1n) is 10.2. The number of unbranched alkanes of at least 4 members (excludes halogenated alkanes) is 1. The third-order valence-corrected chi connectivity index (χ3v) is 5.02. The van der Waals surface area contributed by atoms with Crippen molar-refractivity contribution < 1.29 is 9.59 Å². The van der Waals surface area contributed by atoms with Crippen molar-refractivity contribution in [2.45, 2.75) is 59.0 Å². The molecule has 2 rings (SSSR count). The first-order chi connectivity index (χ1) is 13.6. The molecule has 0 fully saturated rings. The second-order valence-electron chi connectivity index (χ2n) is 7.18. The molecular weight excluding hydrogens is 348 g/mol. The van der Waals surface area contributed by atoms with Crippen molar-refractivity contribution in [3.05, 3.63) is 71.3 Å². The van der Waals surface area contributed by atoms with E-state index in [0.29, 0.717) is 25.9 Å². The second-order valence-corrected chi connectivity index (χ2v) is 7.18. The molecule has 4 nitrogen and oxygen atoms in total. The minimum absolute atomic E-state index is 0.0213. The predicted molar refractivity (Wildman–Crippen MR) is 114 cm³/mol. The Kier molecular flexibility index (Phi) is 8.73. The topological polar surface area (TPSA) is 49.4 Å². The number of rotatable bonds is 10. The largest absolute Gasteiger partial charge is 0.354 e. The highest BCUT2D eigenvalue weighted by Gasteiger charge is 2.28. The molecule has 0 aliphatic carbocycles. The number of hydrogen-bond donors (Lipinski definition) is 1. The lowest BCUT2D eigenvalue weighted by Gasteiger charge is -2.31. The van der Waals surface area contributed by atoms with E-state index in [1.807, 2.05) is 68.4 Å². The predicted octanol–water partition coefficient (Wildman–Crippen LogP) is 4.26. The fourth-order valence-electron chi connectivity index (χ4n) is 3.27. The fraction of sp³-hybridized carbons (Fsp3) is 0.417. The molecule has 2 aromatic carbocycles. The van der Waals surface area contributed by atoms with Crippen molar-refractivity contribution in [2.75, 3.05) is 6.54 Å². The normalized spacial score (nSPS) is 11.7. The highest BCUT2D eigenvalue weighted by atomic mass is 16.2. The molecule has 0 radical (unpaired) electrons. The molecule has 28 heavy (non-hydrogen) atoms. The highest BCUT2D eigenvalue weighted by molar-refractivity contribution is 5.88. The standard InChI is InChI=1S/C24H32N2O2/c1-4-6-16-25-24(28)22(5-2)26(18-21-15-11-10-12-19(21)3)23(27)17-20-13-8-7-9-14-20/h7-15,22H,4-6,16-18H2,1-3H3,(H,25,28). The Hall–Kier alpha value is -2.62. The Bertz CT molecular complexity index is 758. The van der Waals surface area contributed by atoms with Crippen molar-refractivity contribution in [3.63, 3.8) is 0 Å². The number of benzene rings is 2. The number of hydrogen-bond acceptors (Lipinski definition) is 2. The molecule has 0 bridgehead atoms. The molecule has 0 spiro atoms. The van der Waals surface area contributed by atoms with Crippen LogP contribution in [0.1, 0.15) is 49.8 Å². The maximum absolute atomic E-state index is 13.2. The van der Waals surface area contributed by atoms with Crippen molar-refractivity contribution >= 4 is 11.8 Å². The van der Waals surface area contributed by atoms with Crippen LogP contribution in [0.25, 0.3) is 0 Å². The van der Waals surface area contributed by atoms with Gasteiger partial charge in [-0.15, -0.1) is 0 Å². The van der Waals surface area contributed by atoms with Gasteiger partial charge < -0.3 is 10.2 Å². The molecule has 0 aliphatic rings. The zero-order valence-corrected chi connectivity index (χ0v) is 17.3. The molecule has 0 aromatic heterocycles. The van der Waals surface area contributed by atoms with Crippen molar-refractivity contribution in [1.82, 2.24) is 10.2 Å². The molecular formula is C24H32N2O2. The summed E-state index contributed by atoms with van der Waals surface area (Å²) in [5, 5.41) is 3.00. The van der Waals surface area contributed by atoms with Gasteiger partial charge in [0.05, 0.1) is 6.42 Å². The van der Waals surface area contributed by atoms with Crippen molar-refractivity contribution in [3.8, 4) is 0 Å². The van der Waals surface area contributed by atoms with Crippen LogP contribution in [0.15, 0.2) is 54.6 Å². The van der Waals surface area contributed by atoms with Crippen LogP contribution >= 0.6 is 0 Å². The first-order valence-corrected chi connectivity index (χ1v) is 10.2. The van der Waals surface area contributed by atoms with Gasteiger partial charge in [-0.1, -0.05) is 74.9 Å². The van der Waals surface area contributed by atoms with E-state index in [1.54, 1.807) is 4.90 Å². The van der Waals surface area contributed by atoms with Crippen LogP contribution in [0, 0.1) is 6.92 Å². The minimum Gasteiger partial charge on any atom is -0.354 e. The Morgan fingerprint density at radius 1 is 1.00 bits per heavy atom. The summed E-state index contributed by atoms with van der Waals surface area (Å²) >= 11 is 0. The van der Waals surface area contributed by atoms with E-state index < -0.39 is 6.04 Å². The first kappa shape index (κ1) is 21.7. The molecule has 1 atom stereocenters. The lowest BCUT2D eigenvalue weighted by Crippen LogP contribution is -2.49. The molecule has 150 valence electrons. The number of amides is 2. The zero-order valence-electron chi connectivity index (χ0n) is 17.3. The van der Waals surface area contributed by atoms with E-state index in [9.17, 15) is 9.59 Å². The number of carbonyl (C=O) groups is 2. The van der Waals surface area contributed by atoms with E-state index in [0.717, 1.165) is 29.5 Å². The molecule has 1 N–H and O–H groups in total. The van der Waals surface area contributed by atoms with Crippen LogP contribution in [0.5, 0.6) is 0 Å². The summed E-state index contributed by atoms with van der Waals surface area (Å²) < 4.78 is 0. The van der Waals surface area contributed by atoms with Gasteiger partial charge in [0.1, 0.15) is 6.04 Å². The van der Waals surface area contributed by atoms with E-state index in [-0.39, 0.29) is 11.8 Å². The minimum atomic E-state index is -0.465. The van der Waals surface area contributed by atoms with E-state index in [1.165, 1.54) is 0 Å². The fourth-order valence-corrected chi connectivity index (χ4v) is 3.27. The van der Waals surface area contributed by atoms with E-state index in [2.05, 4.69) is 12.2 Å². The number of nitrogens with one attached hydrogen (secondary N) is 1. The molecule has 2 aromatic rings. The zero-order chi connectivity index (χ0) is 20.4. The number of aryl methyl sites for hydroxylation is 1. The molecule has 0 saturated carbocycles. The van der Waals surface area contributed by atoms with Gasteiger partial charge >= 0.3 is 0 Å². The average molecular weight is 381 g/mol. The van der Waals surface area contributed by atoms with Gasteiger partial charge in [0.25, 0.3) is 0 Å². The van der Waals surface area contributed by atoms with Crippen LogP contribution in [0.4, 0.5) is 0 Å². The van der Waals surface area contributed by atoms with E-state index in [4.69, 9.17) is 0 Å². The van der Waals surface area contributed by atoms with Gasteiger partial charge in [-0.25, -0.2) is 0 Å². The smallest absolute Gasteiger partial charge is 0.242 e. The van der Waals surface area contributed by atoms with Gasteiger partial charge in [-0.2, -0.15) is 0 Å². The SMILES string of the molecule is CCCCNC(=O)C(CC)N(Cc1ccccc1C)C(=O)Cc1ccccc1. The Morgan fingerprint density at radius 3 is 2.32 bits per heavy atom. The molecule has 1 unspecified atom stereocenters. The monoisotopic (exact) mass is 380 g/mol. The second kappa shape index (κ2) is 11.3. The third kappa shape index (κ3) is 6.22. The third-order valence-electron chi connectivity index (χ3n) is 5.02. The quantitative estimate of drug-likeness (QED) is 0.626. The Morgan fingerprint density at radius 2 is 1.68 bits per heavy atom. The maximum Gasteiger partial charge on any atom is 0.242 e. The van der Waals surface area contributed by atoms with Crippen LogP contribution in [-0.2, 0) is 22.6 Å². The number of carbonyl (C=O) groups excluding carboxylic acids is 2. The summed E-state index contributed by atoms with van der Waals surface area (Å²) in [6.07, 6.45) is 2.85. The van der Waals surface area contributed by atoms with Crippen molar-refractivity contribution in [1.29, 1.82) is 0 Å². The summed E-state index contributed by atoms with van der Waals surface area (Å²) in [5.74, 6) is -0.0853. The molecule has 0 saturated heterocycles. The lowest BCUT2D eigenvalue weighted by molar-refractivity contribution is -0.140. The summed E-state index contributed by atoms with van der Waals surface area (Å²) in [5.41, 5.74) is 3.16. The number of nitrogens with zero attached hydrogens (tertiary/aromatic N) is 1. The van der Waals surface area contributed by atoms with Crippen LogP contribution in [0.3, 0.4) is 0 Å². The molecule has 4 heteroatoms. The van der Waals surface area contributed by atoms with Gasteiger partial charge in [-0.05, 0) is 36.5 Å². The summed E-state index contributed by atoms with van der Waals surface area (Å²) in [7, 11) is 0. The van der Waals surface area contributed by atoms with Gasteiger partial charge in [0, 0.05) is 13.1 Å². The van der Waals surface area contributed by atoms with Gasteiger partial charge in [0.2, 0.25) is 11.8 Å². The van der Waals surface area contributed by atoms with Crippen LogP contribution in [-0.4, -0.2) is 29.3 Å². The molecule has 2 amide bonds. The Balaban J connectivity index is 2.24.